The van der Waals surface area contributed by atoms with Gasteiger partial charge in [0.05, 0.1) is 18.8 Å². The average molecular weight is 342 g/mol. The lowest BCUT2D eigenvalue weighted by molar-refractivity contribution is -0.137. The summed E-state index contributed by atoms with van der Waals surface area (Å²) in [6.07, 6.45) is -2.57. The molecular weight excluding hydrogens is 321 g/mol. The number of carbonyl (C=O) groups is 1. The zero-order chi connectivity index (χ0) is 17.2. The van der Waals surface area contributed by atoms with Crippen LogP contribution in [0, 0.1) is 0 Å². The number of likely N-dealkylation sites (tertiary alicyclic amines) is 1. The van der Waals surface area contributed by atoms with Crippen molar-refractivity contribution in [2.45, 2.75) is 24.9 Å². The van der Waals surface area contributed by atoms with Gasteiger partial charge in [-0.15, -0.1) is 0 Å². The lowest BCUT2D eigenvalue weighted by atomic mass is 9.90. The molecule has 132 valence electrons. The van der Waals surface area contributed by atoms with Crippen molar-refractivity contribution in [1.82, 2.24) is 9.80 Å². The highest BCUT2D eigenvalue weighted by atomic mass is 19.4. The van der Waals surface area contributed by atoms with Gasteiger partial charge >= 0.3 is 12.2 Å². The first-order valence-corrected chi connectivity index (χ1v) is 8.24. The fourth-order valence-corrected chi connectivity index (χ4v) is 3.32. The second-order valence-electron chi connectivity index (χ2n) is 6.29. The summed E-state index contributed by atoms with van der Waals surface area (Å²) in [5, 5.41) is 0. The minimum absolute atomic E-state index is 0.00918. The Hall–Kier alpha value is -1.76. The molecule has 4 nitrogen and oxygen atoms in total. The predicted molar refractivity (Wildman–Crippen MR) is 82.8 cm³/mol. The number of alkyl halides is 3. The first kappa shape index (κ1) is 17.1. The van der Waals surface area contributed by atoms with Gasteiger partial charge in [0, 0.05) is 32.1 Å². The summed E-state index contributed by atoms with van der Waals surface area (Å²) < 4.78 is 43.3. The molecular formula is C17H21F3N2O2. The molecule has 2 saturated heterocycles. The standard InChI is InChI=1S/C17H21F3N2O2/c18-17(19,20)15-5-3-13(4-6-15)14-2-1-7-22(12-14)16(23)21-8-10-24-11-9-21/h3-6,14H,1-2,7-12H2. The number of hydrogen-bond acceptors (Lipinski definition) is 2. The molecule has 0 aromatic heterocycles. The second kappa shape index (κ2) is 7.01. The zero-order valence-electron chi connectivity index (χ0n) is 13.4. The van der Waals surface area contributed by atoms with E-state index in [1.165, 1.54) is 12.1 Å². The normalized spacial score (nSPS) is 22.5. The van der Waals surface area contributed by atoms with Crippen LogP contribution in [0.25, 0.3) is 0 Å². The minimum Gasteiger partial charge on any atom is -0.378 e. The van der Waals surface area contributed by atoms with Crippen molar-refractivity contribution < 1.29 is 22.7 Å². The minimum atomic E-state index is -4.32. The number of ether oxygens (including phenoxy) is 1. The Kier molecular flexibility index (Phi) is 4.99. The molecule has 2 amide bonds. The summed E-state index contributed by atoms with van der Waals surface area (Å²) >= 11 is 0. The average Bonchev–Trinajstić information content (AvgIpc) is 2.61. The second-order valence-corrected chi connectivity index (χ2v) is 6.29. The van der Waals surface area contributed by atoms with Crippen LogP contribution in [0.5, 0.6) is 0 Å². The molecule has 0 aliphatic carbocycles. The number of carbonyl (C=O) groups excluding carboxylic acids is 1. The Balaban J connectivity index is 1.65. The molecule has 2 aliphatic rings. The van der Waals surface area contributed by atoms with Gasteiger partial charge in [-0.2, -0.15) is 13.2 Å². The van der Waals surface area contributed by atoms with Crippen LogP contribution in [0.4, 0.5) is 18.0 Å². The molecule has 0 bridgehead atoms. The molecule has 0 saturated carbocycles. The fraction of sp³-hybridized carbons (Fsp3) is 0.588. The molecule has 1 atom stereocenters. The molecule has 1 aromatic rings. The van der Waals surface area contributed by atoms with Crippen LogP contribution in [-0.4, -0.2) is 55.2 Å². The molecule has 7 heteroatoms. The summed E-state index contributed by atoms with van der Waals surface area (Å²) in [6, 6.07) is 5.33. The van der Waals surface area contributed by atoms with E-state index in [0.717, 1.165) is 30.5 Å². The van der Waals surface area contributed by atoms with Crippen LogP contribution in [0.1, 0.15) is 29.9 Å². The first-order valence-electron chi connectivity index (χ1n) is 8.24. The van der Waals surface area contributed by atoms with Crippen molar-refractivity contribution in [1.29, 1.82) is 0 Å². The Labute approximate surface area is 139 Å². The summed E-state index contributed by atoms with van der Waals surface area (Å²) in [7, 11) is 0. The molecule has 2 aliphatic heterocycles. The van der Waals surface area contributed by atoms with E-state index in [4.69, 9.17) is 4.74 Å². The first-order chi connectivity index (χ1) is 11.4. The Bertz CT molecular complexity index is 568. The van der Waals surface area contributed by atoms with E-state index < -0.39 is 11.7 Å². The van der Waals surface area contributed by atoms with E-state index >= 15 is 0 Å². The van der Waals surface area contributed by atoms with E-state index in [9.17, 15) is 18.0 Å². The van der Waals surface area contributed by atoms with Gasteiger partial charge in [-0.1, -0.05) is 12.1 Å². The fourth-order valence-electron chi connectivity index (χ4n) is 3.32. The summed E-state index contributed by atoms with van der Waals surface area (Å²) in [4.78, 5) is 16.2. The molecule has 3 rings (SSSR count). The number of nitrogens with zero attached hydrogens (tertiary/aromatic N) is 2. The topological polar surface area (TPSA) is 32.8 Å². The van der Waals surface area contributed by atoms with Crippen molar-refractivity contribution >= 4 is 6.03 Å². The van der Waals surface area contributed by atoms with Gasteiger partial charge in [0.25, 0.3) is 0 Å². The van der Waals surface area contributed by atoms with Crippen LogP contribution in [0.2, 0.25) is 0 Å². The number of amides is 2. The zero-order valence-corrected chi connectivity index (χ0v) is 13.4. The van der Waals surface area contributed by atoms with Crippen LogP contribution >= 0.6 is 0 Å². The number of halogens is 3. The van der Waals surface area contributed by atoms with Gasteiger partial charge in [0.1, 0.15) is 0 Å². The van der Waals surface area contributed by atoms with E-state index in [1.54, 1.807) is 4.90 Å². The molecule has 1 aromatic carbocycles. The van der Waals surface area contributed by atoms with Crippen molar-refractivity contribution in [3.8, 4) is 0 Å². The maximum Gasteiger partial charge on any atom is 0.416 e. The van der Waals surface area contributed by atoms with E-state index in [2.05, 4.69) is 0 Å². The number of urea groups is 1. The SMILES string of the molecule is O=C(N1CCOCC1)N1CCCC(c2ccc(C(F)(F)F)cc2)C1. The molecule has 0 N–H and O–H groups in total. The Morgan fingerprint density at radius 2 is 1.71 bits per heavy atom. The number of benzene rings is 1. The highest BCUT2D eigenvalue weighted by Crippen LogP contribution is 2.32. The van der Waals surface area contributed by atoms with Gasteiger partial charge in [-0.05, 0) is 30.5 Å². The maximum absolute atomic E-state index is 12.7. The van der Waals surface area contributed by atoms with Gasteiger partial charge in [-0.25, -0.2) is 4.79 Å². The molecule has 2 fully saturated rings. The van der Waals surface area contributed by atoms with Gasteiger partial charge < -0.3 is 14.5 Å². The number of morpholine rings is 1. The number of rotatable bonds is 1. The third-order valence-electron chi connectivity index (χ3n) is 4.68. The summed E-state index contributed by atoms with van der Waals surface area (Å²) in [5.41, 5.74) is 0.228. The third kappa shape index (κ3) is 3.83. The van der Waals surface area contributed by atoms with Crippen molar-refractivity contribution in [3.63, 3.8) is 0 Å². The molecule has 2 heterocycles. The van der Waals surface area contributed by atoms with Crippen molar-refractivity contribution in [2.75, 3.05) is 39.4 Å². The van der Waals surface area contributed by atoms with Crippen LogP contribution in [0.3, 0.4) is 0 Å². The summed E-state index contributed by atoms with van der Waals surface area (Å²) in [5.74, 6) is 0.0889. The van der Waals surface area contributed by atoms with Crippen LogP contribution in [-0.2, 0) is 10.9 Å². The van der Waals surface area contributed by atoms with Gasteiger partial charge in [-0.3, -0.25) is 0 Å². The van der Waals surface area contributed by atoms with E-state index in [-0.39, 0.29) is 11.9 Å². The van der Waals surface area contributed by atoms with Crippen molar-refractivity contribution in [3.05, 3.63) is 35.4 Å². The lowest BCUT2D eigenvalue weighted by Crippen LogP contribution is -2.50. The lowest BCUT2D eigenvalue weighted by Gasteiger charge is -2.37. The Morgan fingerprint density at radius 1 is 1.04 bits per heavy atom. The van der Waals surface area contributed by atoms with E-state index in [0.29, 0.717) is 39.4 Å². The molecule has 24 heavy (non-hydrogen) atoms. The molecule has 1 unspecified atom stereocenters. The highest BCUT2D eigenvalue weighted by molar-refractivity contribution is 5.74. The molecule has 0 spiro atoms. The van der Waals surface area contributed by atoms with Crippen LogP contribution < -0.4 is 0 Å². The Morgan fingerprint density at radius 3 is 2.33 bits per heavy atom. The van der Waals surface area contributed by atoms with Gasteiger partial charge in [0.2, 0.25) is 0 Å². The third-order valence-corrected chi connectivity index (χ3v) is 4.68. The van der Waals surface area contributed by atoms with Crippen molar-refractivity contribution in [2.24, 2.45) is 0 Å². The highest BCUT2D eigenvalue weighted by Gasteiger charge is 2.31. The molecule has 0 radical (unpaired) electrons. The number of hydrogen-bond donors (Lipinski definition) is 0. The largest absolute Gasteiger partial charge is 0.416 e. The smallest absolute Gasteiger partial charge is 0.378 e. The van der Waals surface area contributed by atoms with Crippen LogP contribution in [0.15, 0.2) is 24.3 Å². The van der Waals surface area contributed by atoms with E-state index in [1.807, 2.05) is 4.90 Å². The predicted octanol–water partition coefficient (Wildman–Crippen LogP) is 3.34. The monoisotopic (exact) mass is 342 g/mol. The quantitative estimate of drug-likeness (QED) is 0.784. The summed E-state index contributed by atoms with van der Waals surface area (Å²) in [6.45, 7) is 3.57. The van der Waals surface area contributed by atoms with Gasteiger partial charge in [0.15, 0.2) is 0 Å². The maximum atomic E-state index is 12.7. The number of piperidine rings is 1.